The van der Waals surface area contributed by atoms with E-state index < -0.39 is 0 Å². The predicted molar refractivity (Wildman–Crippen MR) is 54.9 cm³/mol. The topological polar surface area (TPSA) is 29.1 Å². The first kappa shape index (κ1) is 11.0. The Morgan fingerprint density at radius 1 is 1.64 bits per heavy atom. The number of anilines is 1. The lowest BCUT2D eigenvalue weighted by Gasteiger charge is -2.08. The van der Waals surface area contributed by atoms with Crippen LogP contribution >= 0.6 is 11.6 Å². The van der Waals surface area contributed by atoms with Crippen LogP contribution in [0.15, 0.2) is 24.3 Å². The van der Waals surface area contributed by atoms with E-state index in [2.05, 4.69) is 5.32 Å². The van der Waals surface area contributed by atoms with Gasteiger partial charge in [0.2, 0.25) is 5.91 Å². The maximum absolute atomic E-state index is 12.7. The lowest BCUT2D eigenvalue weighted by Crippen LogP contribution is -2.21. The van der Waals surface area contributed by atoms with Crippen LogP contribution in [0.1, 0.15) is 6.92 Å². The van der Waals surface area contributed by atoms with Gasteiger partial charge in [0.15, 0.2) is 0 Å². The van der Waals surface area contributed by atoms with Crippen molar-refractivity contribution in [2.45, 2.75) is 6.92 Å². The van der Waals surface area contributed by atoms with Crippen LogP contribution in [-0.4, -0.2) is 11.8 Å². The Morgan fingerprint density at radius 3 is 2.93 bits per heavy atom. The molecule has 0 heterocycles. The summed E-state index contributed by atoms with van der Waals surface area (Å²) in [4.78, 5) is 11.3. The zero-order valence-electron chi connectivity index (χ0n) is 7.76. The van der Waals surface area contributed by atoms with Crippen LogP contribution in [0, 0.1) is 11.7 Å². The number of hydrogen-bond donors (Lipinski definition) is 1. The zero-order chi connectivity index (χ0) is 10.6. The molecule has 1 unspecified atom stereocenters. The lowest BCUT2D eigenvalue weighted by molar-refractivity contribution is -0.118. The molecule has 76 valence electrons. The van der Waals surface area contributed by atoms with E-state index in [1.165, 1.54) is 18.2 Å². The van der Waals surface area contributed by atoms with Gasteiger partial charge < -0.3 is 5.32 Å². The molecule has 0 aromatic heterocycles. The average molecular weight is 216 g/mol. The molecule has 1 N–H and O–H groups in total. The minimum atomic E-state index is -0.374. The number of rotatable bonds is 3. The Bertz CT molecular complexity index is 330. The second-order valence-corrected chi connectivity index (χ2v) is 3.36. The molecule has 1 rings (SSSR count). The molecular weight excluding hydrogens is 205 g/mol. The Balaban J connectivity index is 2.65. The van der Waals surface area contributed by atoms with E-state index in [9.17, 15) is 9.18 Å². The highest BCUT2D eigenvalue weighted by atomic mass is 35.5. The van der Waals surface area contributed by atoms with Crippen LogP contribution in [-0.2, 0) is 4.79 Å². The maximum atomic E-state index is 12.7. The first-order chi connectivity index (χ1) is 6.63. The van der Waals surface area contributed by atoms with Crippen molar-refractivity contribution < 1.29 is 9.18 Å². The summed E-state index contributed by atoms with van der Waals surface area (Å²) < 4.78 is 12.7. The van der Waals surface area contributed by atoms with Crippen LogP contribution in [0.4, 0.5) is 10.1 Å². The fraction of sp³-hybridized carbons (Fsp3) is 0.300. The third kappa shape index (κ3) is 3.00. The minimum absolute atomic E-state index is 0.203. The standard InChI is InChI=1S/C10H11ClFNO/c1-7(6-11)10(14)13-9-4-2-3-8(12)5-9/h2-5,7H,6H2,1H3,(H,13,14). The van der Waals surface area contributed by atoms with E-state index in [0.29, 0.717) is 5.69 Å². The van der Waals surface area contributed by atoms with Crippen LogP contribution in [0.5, 0.6) is 0 Å². The number of amides is 1. The fourth-order valence-electron chi connectivity index (χ4n) is 0.902. The Hall–Kier alpha value is -1.09. The quantitative estimate of drug-likeness (QED) is 0.772. The molecule has 4 heteroatoms. The summed E-state index contributed by atoms with van der Waals surface area (Å²) in [6.45, 7) is 1.71. The highest BCUT2D eigenvalue weighted by molar-refractivity contribution is 6.19. The smallest absolute Gasteiger partial charge is 0.228 e. The largest absolute Gasteiger partial charge is 0.326 e. The molecule has 0 radical (unpaired) electrons. The van der Waals surface area contributed by atoms with Crippen LogP contribution in [0.3, 0.4) is 0 Å². The lowest BCUT2D eigenvalue weighted by atomic mass is 10.2. The van der Waals surface area contributed by atoms with E-state index in [0.717, 1.165) is 0 Å². The molecule has 14 heavy (non-hydrogen) atoms. The molecule has 1 atom stereocenters. The summed E-state index contributed by atoms with van der Waals surface area (Å²) in [6.07, 6.45) is 0. The third-order valence-electron chi connectivity index (χ3n) is 1.77. The molecule has 0 spiro atoms. The van der Waals surface area contributed by atoms with Gasteiger partial charge in [-0.3, -0.25) is 4.79 Å². The number of hydrogen-bond acceptors (Lipinski definition) is 1. The highest BCUT2D eigenvalue weighted by Gasteiger charge is 2.11. The summed E-state index contributed by atoms with van der Waals surface area (Å²) in [5.41, 5.74) is 0.451. The number of alkyl halides is 1. The van der Waals surface area contributed by atoms with Crippen LogP contribution in [0.2, 0.25) is 0 Å². The Labute approximate surface area is 87.1 Å². The van der Waals surface area contributed by atoms with Crippen molar-refractivity contribution in [1.82, 2.24) is 0 Å². The number of carbonyl (C=O) groups is 1. The predicted octanol–water partition coefficient (Wildman–Crippen LogP) is 2.64. The number of nitrogens with one attached hydrogen (secondary N) is 1. The molecule has 1 aromatic rings. The molecule has 0 aliphatic carbocycles. The Kier molecular flexibility index (Phi) is 3.89. The average Bonchev–Trinajstić information content (AvgIpc) is 2.16. The molecule has 0 saturated carbocycles. The van der Waals surface area contributed by atoms with Crippen LogP contribution < -0.4 is 5.32 Å². The molecular formula is C10H11ClFNO. The van der Waals surface area contributed by atoms with Gasteiger partial charge in [-0.25, -0.2) is 4.39 Å². The molecule has 0 fully saturated rings. The number of carbonyl (C=O) groups excluding carboxylic acids is 1. The van der Waals surface area contributed by atoms with E-state index in [1.54, 1.807) is 13.0 Å². The van der Waals surface area contributed by atoms with Crippen LogP contribution in [0.25, 0.3) is 0 Å². The molecule has 0 bridgehead atoms. The van der Waals surface area contributed by atoms with Gasteiger partial charge in [-0.05, 0) is 18.2 Å². The summed E-state index contributed by atoms with van der Waals surface area (Å²) in [5, 5.41) is 2.57. The fourth-order valence-corrected chi connectivity index (χ4v) is 1.04. The first-order valence-corrected chi connectivity index (χ1v) is 4.79. The summed E-state index contributed by atoms with van der Waals surface area (Å²) in [6, 6.07) is 5.75. The van der Waals surface area contributed by atoms with Crippen molar-refractivity contribution in [1.29, 1.82) is 0 Å². The number of benzene rings is 1. The molecule has 0 aliphatic rings. The van der Waals surface area contributed by atoms with Gasteiger partial charge in [-0.15, -0.1) is 11.6 Å². The van der Waals surface area contributed by atoms with Gasteiger partial charge in [0.05, 0.1) is 0 Å². The molecule has 1 amide bonds. The summed E-state index contributed by atoms with van der Waals surface area (Å²) >= 11 is 5.51. The van der Waals surface area contributed by atoms with Gasteiger partial charge in [-0.2, -0.15) is 0 Å². The number of halogens is 2. The third-order valence-corrected chi connectivity index (χ3v) is 2.23. The van der Waals surface area contributed by atoms with Crippen molar-refractivity contribution >= 4 is 23.2 Å². The highest BCUT2D eigenvalue weighted by Crippen LogP contribution is 2.11. The molecule has 2 nitrogen and oxygen atoms in total. The molecule has 1 aromatic carbocycles. The van der Waals surface area contributed by atoms with Crippen molar-refractivity contribution in [3.05, 3.63) is 30.1 Å². The van der Waals surface area contributed by atoms with E-state index in [4.69, 9.17) is 11.6 Å². The van der Waals surface area contributed by atoms with E-state index >= 15 is 0 Å². The monoisotopic (exact) mass is 215 g/mol. The maximum Gasteiger partial charge on any atom is 0.228 e. The van der Waals surface area contributed by atoms with E-state index in [-0.39, 0.29) is 23.5 Å². The SMILES string of the molecule is CC(CCl)C(=O)Nc1cccc(F)c1. The zero-order valence-corrected chi connectivity index (χ0v) is 8.51. The van der Waals surface area contributed by atoms with Gasteiger partial charge in [0.25, 0.3) is 0 Å². The van der Waals surface area contributed by atoms with Crippen molar-refractivity contribution in [3.63, 3.8) is 0 Å². The molecule has 0 aliphatic heterocycles. The normalized spacial score (nSPS) is 12.2. The second-order valence-electron chi connectivity index (χ2n) is 3.05. The summed E-state index contributed by atoms with van der Waals surface area (Å²) in [5.74, 6) is -0.604. The van der Waals surface area contributed by atoms with Crippen molar-refractivity contribution in [2.75, 3.05) is 11.2 Å². The molecule has 0 saturated heterocycles. The van der Waals surface area contributed by atoms with Crippen molar-refractivity contribution in [2.24, 2.45) is 5.92 Å². The van der Waals surface area contributed by atoms with Gasteiger partial charge in [0.1, 0.15) is 5.82 Å². The van der Waals surface area contributed by atoms with E-state index in [1.807, 2.05) is 0 Å². The summed E-state index contributed by atoms with van der Waals surface area (Å²) in [7, 11) is 0. The van der Waals surface area contributed by atoms with Gasteiger partial charge in [-0.1, -0.05) is 13.0 Å². The second kappa shape index (κ2) is 4.96. The van der Waals surface area contributed by atoms with Crippen molar-refractivity contribution in [3.8, 4) is 0 Å². The van der Waals surface area contributed by atoms with Gasteiger partial charge >= 0.3 is 0 Å². The Morgan fingerprint density at radius 2 is 2.36 bits per heavy atom. The van der Waals surface area contributed by atoms with Gasteiger partial charge in [0, 0.05) is 17.5 Å². The first-order valence-electron chi connectivity index (χ1n) is 4.26. The minimum Gasteiger partial charge on any atom is -0.326 e.